The van der Waals surface area contributed by atoms with Gasteiger partial charge in [-0.2, -0.15) is 0 Å². The molecule has 0 saturated heterocycles. The van der Waals surface area contributed by atoms with Crippen LogP contribution in [0, 0.1) is 5.92 Å². The van der Waals surface area contributed by atoms with Crippen molar-refractivity contribution in [2.24, 2.45) is 5.92 Å². The zero-order valence-electron chi connectivity index (χ0n) is 9.87. The second kappa shape index (κ2) is 8.08. The molecule has 2 N–H and O–H groups in total. The summed E-state index contributed by atoms with van der Waals surface area (Å²) in [5.41, 5.74) is 0. The molecule has 1 saturated carbocycles. The van der Waals surface area contributed by atoms with Crippen molar-refractivity contribution in [1.82, 2.24) is 5.32 Å². The Labute approximate surface area is 93.2 Å². The Morgan fingerprint density at radius 2 is 2.07 bits per heavy atom. The molecule has 2 unspecified atom stereocenters. The van der Waals surface area contributed by atoms with E-state index in [4.69, 9.17) is 9.84 Å². The lowest BCUT2D eigenvalue weighted by Crippen LogP contribution is -2.31. The van der Waals surface area contributed by atoms with Crippen LogP contribution in [0.5, 0.6) is 0 Å². The third-order valence-corrected chi connectivity index (χ3v) is 3.17. The Bertz CT molecular complexity index is 153. The van der Waals surface area contributed by atoms with Gasteiger partial charge in [0.2, 0.25) is 0 Å². The highest BCUT2D eigenvalue weighted by molar-refractivity contribution is 4.72. The molecular weight excluding hydrogens is 190 g/mol. The number of aliphatic hydroxyl groups is 1. The first kappa shape index (κ1) is 12.9. The minimum absolute atomic E-state index is 0.126. The zero-order valence-corrected chi connectivity index (χ0v) is 9.87. The lowest BCUT2D eigenvalue weighted by molar-refractivity contribution is 0.0923. The van der Waals surface area contributed by atoms with Crippen molar-refractivity contribution < 1.29 is 9.84 Å². The van der Waals surface area contributed by atoms with Gasteiger partial charge in [0.15, 0.2) is 0 Å². The van der Waals surface area contributed by atoms with Gasteiger partial charge in [0.25, 0.3) is 0 Å². The Hall–Kier alpha value is -0.120. The van der Waals surface area contributed by atoms with Crippen molar-refractivity contribution in [3.05, 3.63) is 0 Å². The number of rotatable bonds is 6. The maximum Gasteiger partial charge on any atom is 0.0698 e. The van der Waals surface area contributed by atoms with Crippen molar-refractivity contribution in [3.8, 4) is 0 Å². The summed E-state index contributed by atoms with van der Waals surface area (Å²) in [5.74, 6) is 0.905. The van der Waals surface area contributed by atoms with Crippen LogP contribution < -0.4 is 5.32 Å². The molecular formula is C12H25NO2. The summed E-state index contributed by atoms with van der Waals surface area (Å²) in [6.45, 7) is 4.57. The molecule has 0 radical (unpaired) electrons. The quantitative estimate of drug-likeness (QED) is 0.522. The molecule has 0 spiro atoms. The van der Waals surface area contributed by atoms with E-state index >= 15 is 0 Å². The molecule has 3 nitrogen and oxygen atoms in total. The molecule has 0 aromatic carbocycles. The van der Waals surface area contributed by atoms with E-state index in [1.165, 1.54) is 32.1 Å². The highest BCUT2D eigenvalue weighted by Gasteiger charge is 2.14. The van der Waals surface area contributed by atoms with Crippen LogP contribution in [0.3, 0.4) is 0 Å². The summed E-state index contributed by atoms with van der Waals surface area (Å²) in [6.07, 6.45) is 6.72. The number of aliphatic hydroxyl groups excluding tert-OH is 1. The van der Waals surface area contributed by atoms with Crippen LogP contribution in [-0.4, -0.2) is 37.5 Å². The molecule has 0 heterocycles. The lowest BCUT2D eigenvalue weighted by Gasteiger charge is -2.16. The van der Waals surface area contributed by atoms with Gasteiger partial charge in [0, 0.05) is 12.6 Å². The third kappa shape index (κ3) is 6.13. The Kier molecular flexibility index (Phi) is 6.98. The van der Waals surface area contributed by atoms with Gasteiger partial charge in [-0.15, -0.1) is 0 Å². The molecule has 0 aliphatic heterocycles. The van der Waals surface area contributed by atoms with Gasteiger partial charge in [0.1, 0.15) is 0 Å². The van der Waals surface area contributed by atoms with Gasteiger partial charge < -0.3 is 15.2 Å². The zero-order chi connectivity index (χ0) is 10.9. The average Bonchev–Trinajstić information content (AvgIpc) is 2.43. The van der Waals surface area contributed by atoms with Crippen molar-refractivity contribution in [3.63, 3.8) is 0 Å². The SMILES string of the molecule is CC1CCCC(NCCOCCO)CC1. The van der Waals surface area contributed by atoms with E-state index < -0.39 is 0 Å². The maximum absolute atomic E-state index is 8.54. The molecule has 1 rings (SSSR count). The van der Waals surface area contributed by atoms with E-state index in [1.807, 2.05) is 0 Å². The summed E-state index contributed by atoms with van der Waals surface area (Å²) in [4.78, 5) is 0. The van der Waals surface area contributed by atoms with Gasteiger partial charge in [-0.05, 0) is 25.2 Å². The number of hydrogen-bond acceptors (Lipinski definition) is 3. The van der Waals surface area contributed by atoms with Crippen molar-refractivity contribution >= 4 is 0 Å². The smallest absolute Gasteiger partial charge is 0.0698 e. The van der Waals surface area contributed by atoms with E-state index in [1.54, 1.807) is 0 Å². The second-order valence-electron chi connectivity index (χ2n) is 4.60. The van der Waals surface area contributed by atoms with Gasteiger partial charge >= 0.3 is 0 Å². The highest BCUT2D eigenvalue weighted by Crippen LogP contribution is 2.22. The van der Waals surface area contributed by atoms with Gasteiger partial charge in [0.05, 0.1) is 19.8 Å². The van der Waals surface area contributed by atoms with Crippen LogP contribution >= 0.6 is 0 Å². The van der Waals surface area contributed by atoms with Gasteiger partial charge in [-0.25, -0.2) is 0 Å². The van der Waals surface area contributed by atoms with Gasteiger partial charge in [-0.3, -0.25) is 0 Å². The van der Waals surface area contributed by atoms with E-state index in [9.17, 15) is 0 Å². The molecule has 1 fully saturated rings. The fourth-order valence-electron chi connectivity index (χ4n) is 2.19. The van der Waals surface area contributed by atoms with E-state index in [0.717, 1.165) is 12.5 Å². The van der Waals surface area contributed by atoms with E-state index in [0.29, 0.717) is 19.3 Å². The molecule has 3 heteroatoms. The Morgan fingerprint density at radius 1 is 1.20 bits per heavy atom. The van der Waals surface area contributed by atoms with Crippen LogP contribution in [0.15, 0.2) is 0 Å². The van der Waals surface area contributed by atoms with Crippen molar-refractivity contribution in [2.45, 2.75) is 45.1 Å². The minimum atomic E-state index is 0.126. The number of ether oxygens (including phenoxy) is 1. The second-order valence-corrected chi connectivity index (χ2v) is 4.60. The van der Waals surface area contributed by atoms with Crippen LogP contribution in [0.2, 0.25) is 0 Å². The molecule has 1 aliphatic carbocycles. The molecule has 2 atom stereocenters. The van der Waals surface area contributed by atoms with E-state index in [2.05, 4.69) is 12.2 Å². The summed E-state index contributed by atoms with van der Waals surface area (Å²) in [7, 11) is 0. The highest BCUT2D eigenvalue weighted by atomic mass is 16.5. The first-order valence-corrected chi connectivity index (χ1v) is 6.25. The average molecular weight is 215 g/mol. The topological polar surface area (TPSA) is 41.5 Å². The molecule has 1 aliphatic rings. The predicted molar refractivity (Wildman–Crippen MR) is 61.9 cm³/mol. The lowest BCUT2D eigenvalue weighted by atomic mass is 10.0. The normalized spacial score (nSPS) is 27.6. The minimum Gasteiger partial charge on any atom is -0.394 e. The Morgan fingerprint density at radius 3 is 2.87 bits per heavy atom. The monoisotopic (exact) mass is 215 g/mol. The van der Waals surface area contributed by atoms with E-state index in [-0.39, 0.29) is 6.61 Å². The Balaban J connectivity index is 2.00. The molecule has 0 amide bonds. The summed E-state index contributed by atoms with van der Waals surface area (Å²) >= 11 is 0. The van der Waals surface area contributed by atoms with Crippen LogP contribution in [-0.2, 0) is 4.74 Å². The molecule has 0 aromatic heterocycles. The third-order valence-electron chi connectivity index (χ3n) is 3.17. The summed E-state index contributed by atoms with van der Waals surface area (Å²) in [6, 6.07) is 0.688. The molecule has 0 aromatic rings. The fourth-order valence-corrected chi connectivity index (χ4v) is 2.19. The fraction of sp³-hybridized carbons (Fsp3) is 1.00. The molecule has 0 bridgehead atoms. The maximum atomic E-state index is 8.54. The largest absolute Gasteiger partial charge is 0.394 e. The first-order chi connectivity index (χ1) is 7.33. The van der Waals surface area contributed by atoms with Gasteiger partial charge in [-0.1, -0.05) is 19.8 Å². The van der Waals surface area contributed by atoms with Crippen LogP contribution in [0.1, 0.15) is 39.0 Å². The van der Waals surface area contributed by atoms with Crippen LogP contribution in [0.25, 0.3) is 0 Å². The standard InChI is InChI=1S/C12H25NO2/c1-11-3-2-4-12(6-5-11)13-7-9-15-10-8-14/h11-14H,2-10H2,1H3. The first-order valence-electron chi connectivity index (χ1n) is 6.25. The van der Waals surface area contributed by atoms with Crippen molar-refractivity contribution in [2.75, 3.05) is 26.4 Å². The van der Waals surface area contributed by atoms with Crippen LogP contribution in [0.4, 0.5) is 0 Å². The molecule has 90 valence electrons. The van der Waals surface area contributed by atoms with Crippen molar-refractivity contribution in [1.29, 1.82) is 0 Å². The number of hydrogen-bond donors (Lipinski definition) is 2. The summed E-state index contributed by atoms with van der Waals surface area (Å²) in [5, 5.41) is 12.1. The predicted octanol–water partition coefficient (Wildman–Crippen LogP) is 1.55. The molecule has 15 heavy (non-hydrogen) atoms. The number of nitrogens with one attached hydrogen (secondary N) is 1. The summed E-state index contributed by atoms with van der Waals surface area (Å²) < 4.78 is 5.21.